The van der Waals surface area contributed by atoms with E-state index in [1.165, 1.54) is 0 Å². The van der Waals surface area contributed by atoms with Gasteiger partial charge < -0.3 is 15.3 Å². The summed E-state index contributed by atoms with van der Waals surface area (Å²) in [6.45, 7) is 0. The Bertz CT molecular complexity index is 651. The lowest BCUT2D eigenvalue weighted by molar-refractivity contribution is -0.192. The average molecular weight is 310 g/mol. The van der Waals surface area contributed by atoms with E-state index in [9.17, 15) is 18.0 Å². The Morgan fingerprint density at radius 2 is 1.80 bits per heavy atom. The number of halogens is 4. The first-order chi connectivity index (χ1) is 9.11. The Balaban J connectivity index is 0.000000246. The Kier molecular flexibility index (Phi) is 4.61. The van der Waals surface area contributed by atoms with Crippen LogP contribution < -0.4 is 5.73 Å². The van der Waals surface area contributed by atoms with Gasteiger partial charge in [0, 0.05) is 10.4 Å². The van der Waals surface area contributed by atoms with Crippen LogP contribution >= 0.6 is 11.6 Å². The highest BCUT2D eigenvalue weighted by Crippen LogP contribution is 2.22. The molecule has 1 aromatic heterocycles. The van der Waals surface area contributed by atoms with Crippen LogP contribution in [0.15, 0.2) is 28.7 Å². The Hall–Kier alpha value is -2.22. The molecule has 1 heterocycles. The number of alkyl halides is 3. The topological polar surface area (TPSA) is 93.5 Å². The highest BCUT2D eigenvalue weighted by molar-refractivity contribution is 6.31. The number of primary amides is 1. The lowest BCUT2D eigenvalue weighted by Crippen LogP contribution is -2.21. The van der Waals surface area contributed by atoms with Crippen LogP contribution in [-0.2, 0) is 4.79 Å². The van der Waals surface area contributed by atoms with E-state index >= 15 is 0 Å². The van der Waals surface area contributed by atoms with Gasteiger partial charge in [-0.1, -0.05) is 11.6 Å². The van der Waals surface area contributed by atoms with E-state index in [1.54, 1.807) is 24.3 Å². The molecule has 0 bridgehead atoms. The van der Waals surface area contributed by atoms with Crippen molar-refractivity contribution >= 4 is 34.4 Å². The number of carbonyl (C=O) groups is 2. The molecule has 9 heteroatoms. The molecule has 1 aromatic carbocycles. The van der Waals surface area contributed by atoms with Crippen LogP contribution in [0.25, 0.3) is 11.0 Å². The molecule has 0 fully saturated rings. The van der Waals surface area contributed by atoms with Gasteiger partial charge in [0.05, 0.1) is 0 Å². The van der Waals surface area contributed by atoms with E-state index in [1.807, 2.05) is 0 Å². The SMILES string of the molecule is NC(=O)c1cc2cc(Cl)ccc2o1.O=C(O)C(F)(F)F. The molecule has 0 aliphatic rings. The molecule has 0 spiro atoms. The fraction of sp³-hybridized carbons (Fsp3) is 0.0909. The lowest BCUT2D eigenvalue weighted by Gasteiger charge is -1.93. The quantitative estimate of drug-likeness (QED) is 0.847. The molecule has 108 valence electrons. The number of hydrogen-bond donors (Lipinski definition) is 2. The minimum Gasteiger partial charge on any atom is -0.475 e. The smallest absolute Gasteiger partial charge is 0.475 e. The summed E-state index contributed by atoms with van der Waals surface area (Å²) in [5.74, 6) is -3.18. The summed E-state index contributed by atoms with van der Waals surface area (Å²) in [7, 11) is 0. The normalized spacial score (nSPS) is 10.8. The van der Waals surface area contributed by atoms with Gasteiger partial charge in [-0.3, -0.25) is 4.79 Å². The highest BCUT2D eigenvalue weighted by atomic mass is 35.5. The fourth-order valence-corrected chi connectivity index (χ4v) is 1.32. The third-order valence-corrected chi connectivity index (χ3v) is 2.20. The van der Waals surface area contributed by atoms with Crippen molar-refractivity contribution in [2.75, 3.05) is 0 Å². The van der Waals surface area contributed by atoms with Crippen LogP contribution in [0.3, 0.4) is 0 Å². The van der Waals surface area contributed by atoms with E-state index in [4.69, 9.17) is 31.7 Å². The Morgan fingerprint density at radius 1 is 1.25 bits per heavy atom. The molecule has 2 rings (SSSR count). The number of nitrogens with two attached hydrogens (primary N) is 1. The van der Waals surface area contributed by atoms with Crippen LogP contribution in [0, 0.1) is 0 Å². The van der Waals surface area contributed by atoms with Gasteiger partial charge in [-0.25, -0.2) is 4.79 Å². The Labute approximate surface area is 114 Å². The van der Waals surface area contributed by atoms with Gasteiger partial charge in [-0.05, 0) is 24.3 Å². The number of rotatable bonds is 1. The standard InChI is InChI=1S/C9H6ClNO2.C2HF3O2/c10-6-1-2-7-5(3-6)4-8(13-7)9(11)12;3-2(4,5)1(6)7/h1-4H,(H2,11,12);(H,6,7). The predicted octanol–water partition coefficient (Wildman–Crippen LogP) is 2.82. The zero-order chi connectivity index (χ0) is 15.5. The maximum Gasteiger partial charge on any atom is 0.490 e. The first-order valence-electron chi connectivity index (χ1n) is 4.90. The van der Waals surface area contributed by atoms with Crippen molar-refractivity contribution in [3.63, 3.8) is 0 Å². The van der Waals surface area contributed by atoms with Crippen molar-refractivity contribution in [2.24, 2.45) is 5.73 Å². The van der Waals surface area contributed by atoms with Crippen molar-refractivity contribution in [3.05, 3.63) is 35.0 Å². The predicted molar refractivity (Wildman–Crippen MR) is 63.4 cm³/mol. The number of fused-ring (bicyclic) bond motifs is 1. The summed E-state index contributed by atoms with van der Waals surface area (Å²) >= 11 is 5.75. The zero-order valence-corrected chi connectivity index (χ0v) is 10.3. The lowest BCUT2D eigenvalue weighted by atomic mass is 10.2. The number of carboxylic acid groups (broad SMARTS) is 1. The van der Waals surface area contributed by atoms with Gasteiger partial charge in [0.1, 0.15) is 5.58 Å². The van der Waals surface area contributed by atoms with Crippen molar-refractivity contribution < 1.29 is 32.3 Å². The molecule has 0 aliphatic carbocycles. The number of benzene rings is 1. The highest BCUT2D eigenvalue weighted by Gasteiger charge is 2.38. The van der Waals surface area contributed by atoms with Gasteiger partial charge in [0.15, 0.2) is 5.76 Å². The van der Waals surface area contributed by atoms with E-state index in [2.05, 4.69) is 0 Å². The van der Waals surface area contributed by atoms with E-state index < -0.39 is 18.1 Å². The van der Waals surface area contributed by atoms with Crippen LogP contribution in [0.1, 0.15) is 10.6 Å². The third kappa shape index (κ3) is 4.16. The van der Waals surface area contributed by atoms with Crippen molar-refractivity contribution in [1.29, 1.82) is 0 Å². The van der Waals surface area contributed by atoms with Gasteiger partial charge in [-0.2, -0.15) is 13.2 Å². The van der Waals surface area contributed by atoms with Crippen molar-refractivity contribution in [1.82, 2.24) is 0 Å². The third-order valence-electron chi connectivity index (χ3n) is 1.96. The molecular weight excluding hydrogens is 303 g/mol. The van der Waals surface area contributed by atoms with E-state index in [-0.39, 0.29) is 5.76 Å². The second-order valence-electron chi connectivity index (χ2n) is 3.46. The molecule has 0 radical (unpaired) electrons. The van der Waals surface area contributed by atoms with Crippen LogP contribution in [0.2, 0.25) is 5.02 Å². The van der Waals surface area contributed by atoms with E-state index in [0.29, 0.717) is 10.6 Å². The maximum atomic E-state index is 10.8. The summed E-state index contributed by atoms with van der Waals surface area (Å²) < 4.78 is 36.9. The van der Waals surface area contributed by atoms with Crippen molar-refractivity contribution in [3.8, 4) is 0 Å². The second-order valence-corrected chi connectivity index (χ2v) is 3.90. The number of carboxylic acids is 1. The number of aliphatic carboxylic acids is 1. The molecule has 0 atom stereocenters. The second kappa shape index (κ2) is 5.83. The number of hydrogen-bond acceptors (Lipinski definition) is 3. The minimum atomic E-state index is -5.08. The molecule has 0 aliphatic heterocycles. The number of furan rings is 1. The summed E-state index contributed by atoms with van der Waals surface area (Å²) in [5.41, 5.74) is 5.66. The van der Waals surface area contributed by atoms with Gasteiger partial charge >= 0.3 is 12.1 Å². The summed E-state index contributed by atoms with van der Waals surface area (Å²) in [4.78, 5) is 19.6. The molecule has 20 heavy (non-hydrogen) atoms. The minimum absolute atomic E-state index is 0.150. The fourth-order valence-electron chi connectivity index (χ4n) is 1.14. The molecule has 1 amide bonds. The maximum absolute atomic E-state index is 10.8. The van der Waals surface area contributed by atoms with Gasteiger partial charge in [0.2, 0.25) is 0 Å². The summed E-state index contributed by atoms with van der Waals surface area (Å²) in [6, 6.07) is 6.68. The van der Waals surface area contributed by atoms with Gasteiger partial charge in [0.25, 0.3) is 5.91 Å². The molecule has 5 nitrogen and oxygen atoms in total. The first-order valence-corrected chi connectivity index (χ1v) is 5.28. The number of carbonyl (C=O) groups excluding carboxylic acids is 1. The monoisotopic (exact) mass is 309 g/mol. The Morgan fingerprint density at radius 3 is 2.25 bits per heavy atom. The summed E-state index contributed by atoms with van der Waals surface area (Å²) in [5, 5.41) is 8.51. The summed E-state index contributed by atoms with van der Waals surface area (Å²) in [6.07, 6.45) is -5.08. The molecule has 0 unspecified atom stereocenters. The van der Waals surface area contributed by atoms with E-state index in [0.717, 1.165) is 5.39 Å². The molecule has 3 N–H and O–H groups in total. The first kappa shape index (κ1) is 15.8. The van der Waals surface area contributed by atoms with Gasteiger partial charge in [-0.15, -0.1) is 0 Å². The van der Waals surface area contributed by atoms with Crippen LogP contribution in [-0.4, -0.2) is 23.2 Å². The molecule has 2 aromatic rings. The molecular formula is C11H7ClF3NO4. The van der Waals surface area contributed by atoms with Crippen LogP contribution in [0.5, 0.6) is 0 Å². The average Bonchev–Trinajstić information content (AvgIpc) is 2.71. The largest absolute Gasteiger partial charge is 0.490 e. The molecule has 0 saturated heterocycles. The van der Waals surface area contributed by atoms with Crippen molar-refractivity contribution in [2.45, 2.75) is 6.18 Å². The van der Waals surface area contributed by atoms with Crippen LogP contribution in [0.4, 0.5) is 13.2 Å². The number of amides is 1. The zero-order valence-electron chi connectivity index (χ0n) is 9.57. The molecule has 0 saturated carbocycles.